The van der Waals surface area contributed by atoms with E-state index in [9.17, 15) is 23.5 Å². The maximum absolute atomic E-state index is 13.1. The molecule has 3 rings (SSSR count). The number of benzene rings is 2. The highest BCUT2D eigenvalue weighted by Gasteiger charge is 2.44. The van der Waals surface area contributed by atoms with Gasteiger partial charge in [0.2, 0.25) is 0 Å². The van der Waals surface area contributed by atoms with Gasteiger partial charge in [0, 0.05) is 49.4 Å². The van der Waals surface area contributed by atoms with Crippen LogP contribution in [0.15, 0.2) is 48.5 Å². The van der Waals surface area contributed by atoms with Gasteiger partial charge < -0.3 is 15.7 Å². The molecule has 0 unspecified atom stereocenters. The fraction of sp³-hybridized carbons (Fsp3) is 0.385. The number of amides is 1. The molecule has 0 spiro atoms. The van der Waals surface area contributed by atoms with E-state index in [1.54, 1.807) is 12.1 Å². The minimum absolute atomic E-state index is 0.166. The zero-order valence-electron chi connectivity index (χ0n) is 19.3. The van der Waals surface area contributed by atoms with E-state index >= 15 is 0 Å². The Morgan fingerprint density at radius 3 is 2.09 bits per heavy atom. The summed E-state index contributed by atoms with van der Waals surface area (Å²) in [6.07, 6.45) is -3.20. The lowest BCUT2D eigenvalue weighted by Crippen LogP contribution is -2.58. The lowest BCUT2D eigenvalue weighted by Gasteiger charge is -2.30. The molecule has 1 aliphatic heterocycles. The van der Waals surface area contributed by atoms with E-state index in [-0.39, 0.29) is 5.56 Å². The summed E-state index contributed by atoms with van der Waals surface area (Å²) in [4.78, 5) is 26.6. The van der Waals surface area contributed by atoms with Crippen molar-refractivity contribution in [3.63, 3.8) is 0 Å². The summed E-state index contributed by atoms with van der Waals surface area (Å²) in [6, 6.07) is 12.6. The molecule has 6 nitrogen and oxygen atoms in total. The molecule has 1 heterocycles. The molecule has 1 aliphatic rings. The Labute approximate surface area is 198 Å². The van der Waals surface area contributed by atoms with Crippen molar-refractivity contribution in [3.8, 4) is 11.8 Å². The number of nitrogens with zero attached hydrogens (tertiary/aromatic N) is 1. The topological polar surface area (TPSA) is 81.7 Å². The second-order valence-corrected chi connectivity index (χ2v) is 8.59. The van der Waals surface area contributed by atoms with Crippen molar-refractivity contribution < 1.29 is 23.5 Å². The third-order valence-electron chi connectivity index (χ3n) is 5.78. The number of ketones is 1. The number of aliphatic hydroxyl groups is 1. The minimum Gasteiger partial charge on any atom is -0.382 e. The largest absolute Gasteiger partial charge is 0.382 e. The highest BCUT2D eigenvalue weighted by atomic mass is 19.3. The van der Waals surface area contributed by atoms with Crippen molar-refractivity contribution in [1.29, 1.82) is 0 Å². The summed E-state index contributed by atoms with van der Waals surface area (Å²) in [5, 5.41) is 15.5. The molecule has 2 aromatic rings. The molecule has 1 amide bonds. The van der Waals surface area contributed by atoms with Crippen molar-refractivity contribution in [2.75, 3.05) is 26.2 Å². The smallest absolute Gasteiger partial charge is 0.269 e. The van der Waals surface area contributed by atoms with Gasteiger partial charge in [-0.15, -0.1) is 0 Å². The van der Waals surface area contributed by atoms with Crippen LogP contribution < -0.4 is 10.6 Å². The van der Waals surface area contributed by atoms with E-state index in [4.69, 9.17) is 0 Å². The van der Waals surface area contributed by atoms with Crippen LogP contribution in [-0.4, -0.2) is 65.9 Å². The molecule has 0 aromatic heterocycles. The van der Waals surface area contributed by atoms with Gasteiger partial charge in [-0.2, -0.15) is 0 Å². The van der Waals surface area contributed by atoms with E-state index in [0.29, 0.717) is 5.56 Å². The normalized spacial score (nSPS) is 16.8. The van der Waals surface area contributed by atoms with Crippen LogP contribution in [0.1, 0.15) is 40.9 Å². The maximum atomic E-state index is 13.1. The monoisotopic (exact) mass is 469 g/mol. The van der Waals surface area contributed by atoms with Crippen LogP contribution in [0.25, 0.3) is 0 Å². The molecule has 1 fully saturated rings. The quantitative estimate of drug-likeness (QED) is 0.542. The third kappa shape index (κ3) is 6.70. The molecule has 180 valence electrons. The predicted octanol–water partition coefficient (Wildman–Crippen LogP) is 2.20. The Kier molecular flexibility index (Phi) is 8.51. The van der Waals surface area contributed by atoms with Crippen LogP contribution in [0.4, 0.5) is 8.78 Å². The van der Waals surface area contributed by atoms with Gasteiger partial charge in [-0.05, 0) is 55.8 Å². The second-order valence-electron chi connectivity index (χ2n) is 8.59. The number of carbonyl (C=O) groups is 2. The molecule has 0 bridgehead atoms. The summed E-state index contributed by atoms with van der Waals surface area (Å²) < 4.78 is 26.2. The Bertz CT molecular complexity index is 1050. The summed E-state index contributed by atoms with van der Waals surface area (Å²) in [5.41, 5.74) is 0.262. The standard InChI is InChI=1S/C26H29F2N3O3/c1-18(32)23(26(2,34)25(27)28)30-24(33)22-11-9-20(10-12-22)4-3-19-5-7-21(8-6-19)17-31-15-13-29-14-16-31/h5-12,23,25,29,34H,13-17H2,1-2H3,(H,30,33)/t23-,26+/m1/s1. The van der Waals surface area contributed by atoms with Crippen LogP contribution in [0.5, 0.6) is 0 Å². The summed E-state index contributed by atoms with van der Waals surface area (Å²) in [5.74, 6) is 4.62. The van der Waals surface area contributed by atoms with Gasteiger partial charge in [0.05, 0.1) is 0 Å². The lowest BCUT2D eigenvalue weighted by atomic mass is 9.93. The van der Waals surface area contributed by atoms with E-state index in [1.165, 1.54) is 17.7 Å². The minimum atomic E-state index is -3.20. The first-order chi connectivity index (χ1) is 16.2. The van der Waals surface area contributed by atoms with E-state index < -0.39 is 29.8 Å². The van der Waals surface area contributed by atoms with Gasteiger partial charge in [-0.3, -0.25) is 14.5 Å². The SMILES string of the molecule is CC(=O)[C@@H](NC(=O)c1ccc(C#Cc2ccc(CN3CCNCC3)cc2)cc1)[C@](C)(O)C(F)F. The maximum Gasteiger partial charge on any atom is 0.269 e. The zero-order valence-corrected chi connectivity index (χ0v) is 19.3. The van der Waals surface area contributed by atoms with Gasteiger partial charge >= 0.3 is 0 Å². The molecular formula is C26H29F2N3O3. The number of rotatable bonds is 7. The molecule has 3 N–H and O–H groups in total. The highest BCUT2D eigenvalue weighted by molar-refractivity contribution is 5.98. The number of hydrogen-bond acceptors (Lipinski definition) is 5. The average Bonchev–Trinajstić information content (AvgIpc) is 2.82. The van der Waals surface area contributed by atoms with E-state index in [2.05, 4.69) is 39.5 Å². The van der Waals surface area contributed by atoms with Gasteiger partial charge in [-0.25, -0.2) is 8.78 Å². The van der Waals surface area contributed by atoms with Crippen molar-refractivity contribution in [2.45, 2.75) is 38.5 Å². The first kappa shape index (κ1) is 25.5. The first-order valence-corrected chi connectivity index (χ1v) is 11.1. The fourth-order valence-corrected chi connectivity index (χ4v) is 3.67. The molecule has 2 atom stereocenters. The number of nitrogens with one attached hydrogen (secondary N) is 2. The number of alkyl halides is 2. The molecular weight excluding hydrogens is 440 g/mol. The van der Waals surface area contributed by atoms with Gasteiger partial charge in [0.1, 0.15) is 11.6 Å². The van der Waals surface area contributed by atoms with Crippen molar-refractivity contribution >= 4 is 11.7 Å². The fourth-order valence-electron chi connectivity index (χ4n) is 3.67. The second kappa shape index (κ2) is 11.3. The van der Waals surface area contributed by atoms with E-state index in [0.717, 1.165) is 52.1 Å². The average molecular weight is 470 g/mol. The molecule has 2 aromatic carbocycles. The van der Waals surface area contributed by atoms with Crippen molar-refractivity contribution in [2.24, 2.45) is 0 Å². The molecule has 8 heteroatoms. The summed E-state index contributed by atoms with van der Waals surface area (Å²) in [6.45, 7) is 6.87. The van der Waals surface area contributed by atoms with Gasteiger partial charge in [0.15, 0.2) is 5.78 Å². The van der Waals surface area contributed by atoms with E-state index in [1.807, 2.05) is 12.1 Å². The van der Waals surface area contributed by atoms with Crippen LogP contribution >= 0.6 is 0 Å². The van der Waals surface area contributed by atoms with Gasteiger partial charge in [0.25, 0.3) is 12.3 Å². The number of Topliss-reactive ketones (excluding diaryl/α,β-unsaturated/α-hetero) is 1. The number of carbonyl (C=O) groups excluding carboxylic acids is 2. The summed E-state index contributed by atoms with van der Waals surface area (Å²) >= 11 is 0. The lowest BCUT2D eigenvalue weighted by molar-refractivity contribution is -0.138. The highest BCUT2D eigenvalue weighted by Crippen LogP contribution is 2.21. The Morgan fingerprint density at radius 2 is 1.59 bits per heavy atom. The van der Waals surface area contributed by atoms with Crippen molar-refractivity contribution in [3.05, 3.63) is 70.8 Å². The zero-order chi connectivity index (χ0) is 24.7. The predicted molar refractivity (Wildman–Crippen MR) is 126 cm³/mol. The number of halogens is 2. The number of piperazine rings is 1. The van der Waals surface area contributed by atoms with Crippen LogP contribution in [-0.2, 0) is 11.3 Å². The molecule has 34 heavy (non-hydrogen) atoms. The summed E-state index contributed by atoms with van der Waals surface area (Å²) in [7, 11) is 0. The third-order valence-corrected chi connectivity index (χ3v) is 5.78. The van der Waals surface area contributed by atoms with Crippen LogP contribution in [0.3, 0.4) is 0 Å². The first-order valence-electron chi connectivity index (χ1n) is 11.1. The van der Waals surface area contributed by atoms with Crippen molar-refractivity contribution in [1.82, 2.24) is 15.5 Å². The Morgan fingerprint density at radius 1 is 1.06 bits per heavy atom. The van der Waals surface area contributed by atoms with Gasteiger partial charge in [-0.1, -0.05) is 24.0 Å². The van der Waals surface area contributed by atoms with Crippen LogP contribution in [0.2, 0.25) is 0 Å². The molecule has 1 saturated heterocycles. The molecule has 0 saturated carbocycles. The Hall–Kier alpha value is -3.12. The Balaban J connectivity index is 1.61. The molecule has 0 radical (unpaired) electrons. The molecule has 0 aliphatic carbocycles. The van der Waals surface area contributed by atoms with Crippen LogP contribution in [0, 0.1) is 11.8 Å². The number of hydrogen-bond donors (Lipinski definition) is 3.